The normalized spacial score (nSPS) is 27.3. The van der Waals surface area contributed by atoms with Crippen molar-refractivity contribution in [3.8, 4) is 11.5 Å². The Labute approximate surface area is 278 Å². The summed E-state index contributed by atoms with van der Waals surface area (Å²) in [6.07, 6.45) is 3.43. The van der Waals surface area contributed by atoms with Crippen molar-refractivity contribution >= 4 is 0 Å². The first kappa shape index (κ1) is 33.1. The monoisotopic (exact) mass is 623 g/mol. The molecule has 9 atom stereocenters. The topological polar surface area (TPSA) is 27.5 Å². The molecule has 0 saturated carbocycles. The summed E-state index contributed by atoms with van der Waals surface area (Å²) >= 11 is 0. The summed E-state index contributed by atoms with van der Waals surface area (Å²) in [5, 5.41) is 0. The first-order valence-corrected chi connectivity index (χ1v) is 18.0. The van der Waals surface area contributed by atoms with E-state index < -0.39 is 0 Å². The van der Waals surface area contributed by atoms with E-state index in [-0.39, 0.29) is 5.41 Å². The van der Waals surface area contributed by atoms with Gasteiger partial charge in [0.15, 0.2) is 0 Å². The summed E-state index contributed by atoms with van der Waals surface area (Å²) in [7, 11) is 0. The van der Waals surface area contributed by atoms with Gasteiger partial charge < -0.3 is 9.47 Å². The lowest BCUT2D eigenvalue weighted by Gasteiger charge is -2.32. The molecule has 5 nitrogen and oxygen atoms in total. The molecule has 3 saturated heterocycles. The number of aryl methyl sites for hydroxylation is 1. The highest BCUT2D eigenvalue weighted by Crippen LogP contribution is 2.40. The molecule has 3 heterocycles. The highest BCUT2D eigenvalue weighted by atomic mass is 16.5. The zero-order chi connectivity index (χ0) is 32.3. The molecule has 9 unspecified atom stereocenters. The fourth-order valence-electron chi connectivity index (χ4n) is 7.02. The molecule has 0 radical (unpaired) electrons. The largest absolute Gasteiger partial charge is 0.494 e. The average molecular weight is 624 g/mol. The molecule has 248 valence electrons. The van der Waals surface area contributed by atoms with E-state index in [2.05, 4.69) is 129 Å². The molecule has 6 rings (SSSR count). The molecule has 0 spiro atoms. The predicted molar refractivity (Wildman–Crippen MR) is 190 cm³/mol. The summed E-state index contributed by atoms with van der Waals surface area (Å²) in [6, 6.07) is 29.3. The minimum atomic E-state index is -0.309. The standard InChI is InChI=1S/C41H57N3O2/c1-30(24-43-27-33(43)4)8-9-35-10-12-36(13-11-35)41(6,37-14-18-39(19-15-37)45-23-7-22-42-26-32(42)3)38-16-20-40(21-17-38)46-29-31(2)25-44-28-34(44)5/h10-21,30-34H,7-9,22-29H2,1-6H3. The second-order valence-electron chi connectivity index (χ2n) is 15.1. The van der Waals surface area contributed by atoms with Crippen molar-refractivity contribution in [3.63, 3.8) is 0 Å². The van der Waals surface area contributed by atoms with Crippen LogP contribution in [0.1, 0.15) is 76.6 Å². The lowest BCUT2D eigenvalue weighted by molar-refractivity contribution is 0.238. The number of hydrogen-bond donors (Lipinski definition) is 0. The van der Waals surface area contributed by atoms with Crippen LogP contribution in [0.4, 0.5) is 0 Å². The van der Waals surface area contributed by atoms with E-state index >= 15 is 0 Å². The summed E-state index contributed by atoms with van der Waals surface area (Å²) in [4.78, 5) is 7.57. The molecule has 3 aromatic carbocycles. The second-order valence-corrected chi connectivity index (χ2v) is 15.1. The van der Waals surface area contributed by atoms with Crippen LogP contribution in [0.15, 0.2) is 72.8 Å². The summed E-state index contributed by atoms with van der Waals surface area (Å²) in [5.74, 6) is 3.13. The highest BCUT2D eigenvalue weighted by molar-refractivity contribution is 5.51. The second kappa shape index (κ2) is 14.5. The molecular formula is C41H57N3O2. The van der Waals surface area contributed by atoms with Crippen molar-refractivity contribution in [3.05, 3.63) is 95.1 Å². The maximum absolute atomic E-state index is 6.24. The summed E-state index contributed by atoms with van der Waals surface area (Å²) in [5.41, 5.74) is 4.95. The van der Waals surface area contributed by atoms with Gasteiger partial charge in [0.1, 0.15) is 11.5 Å². The van der Waals surface area contributed by atoms with Crippen LogP contribution >= 0.6 is 0 Å². The van der Waals surface area contributed by atoms with E-state index in [1.807, 2.05) is 0 Å². The van der Waals surface area contributed by atoms with Crippen LogP contribution in [0.2, 0.25) is 0 Å². The summed E-state index contributed by atoms with van der Waals surface area (Å²) < 4.78 is 12.4. The van der Waals surface area contributed by atoms with Gasteiger partial charge in [-0.15, -0.1) is 0 Å². The third-order valence-corrected chi connectivity index (χ3v) is 10.8. The fraction of sp³-hybridized carbons (Fsp3) is 0.561. The Morgan fingerprint density at radius 3 is 1.61 bits per heavy atom. The Kier molecular flexibility index (Phi) is 10.4. The van der Waals surface area contributed by atoms with Crippen molar-refractivity contribution in [2.24, 2.45) is 11.8 Å². The van der Waals surface area contributed by atoms with Gasteiger partial charge in [-0.1, -0.05) is 62.4 Å². The van der Waals surface area contributed by atoms with E-state index in [1.165, 1.54) is 54.9 Å². The Balaban J connectivity index is 1.14. The lowest BCUT2D eigenvalue weighted by atomic mass is 9.71. The number of rotatable bonds is 18. The zero-order valence-electron chi connectivity index (χ0n) is 29.3. The minimum absolute atomic E-state index is 0.309. The molecule has 3 aliphatic rings. The van der Waals surface area contributed by atoms with Crippen LogP contribution in [-0.2, 0) is 11.8 Å². The van der Waals surface area contributed by atoms with Crippen molar-refractivity contribution < 1.29 is 9.47 Å². The molecule has 46 heavy (non-hydrogen) atoms. The van der Waals surface area contributed by atoms with Crippen LogP contribution < -0.4 is 9.47 Å². The first-order chi connectivity index (χ1) is 22.2. The van der Waals surface area contributed by atoms with E-state index in [0.717, 1.165) is 74.7 Å². The average Bonchev–Trinajstić information content (AvgIpc) is 4.03. The predicted octanol–water partition coefficient (Wildman–Crippen LogP) is 7.51. The first-order valence-electron chi connectivity index (χ1n) is 18.0. The molecule has 5 heteroatoms. The molecule has 3 fully saturated rings. The van der Waals surface area contributed by atoms with E-state index in [9.17, 15) is 0 Å². The van der Waals surface area contributed by atoms with Gasteiger partial charge in [-0.05, 0) is 99.4 Å². The van der Waals surface area contributed by atoms with Crippen LogP contribution in [-0.4, -0.2) is 85.3 Å². The van der Waals surface area contributed by atoms with E-state index in [4.69, 9.17) is 9.47 Å². The number of ether oxygens (including phenoxy) is 2. The van der Waals surface area contributed by atoms with Gasteiger partial charge in [0.05, 0.1) is 13.2 Å². The van der Waals surface area contributed by atoms with Gasteiger partial charge in [0.2, 0.25) is 0 Å². The van der Waals surface area contributed by atoms with Gasteiger partial charge in [0.25, 0.3) is 0 Å². The molecule has 0 aliphatic carbocycles. The molecule has 3 aromatic rings. The van der Waals surface area contributed by atoms with E-state index in [1.54, 1.807) is 0 Å². The molecule has 0 aromatic heterocycles. The highest BCUT2D eigenvalue weighted by Gasteiger charge is 2.33. The Hall–Kier alpha value is -2.86. The molecule has 0 N–H and O–H groups in total. The zero-order valence-corrected chi connectivity index (χ0v) is 29.3. The molecular weight excluding hydrogens is 566 g/mol. The van der Waals surface area contributed by atoms with Crippen molar-refractivity contribution in [2.75, 3.05) is 52.5 Å². The van der Waals surface area contributed by atoms with Crippen molar-refractivity contribution in [1.29, 1.82) is 0 Å². The molecule has 0 amide bonds. The minimum Gasteiger partial charge on any atom is -0.494 e. The molecule has 0 bridgehead atoms. The number of hydrogen-bond acceptors (Lipinski definition) is 5. The third-order valence-electron chi connectivity index (χ3n) is 10.8. The van der Waals surface area contributed by atoms with Crippen LogP contribution in [0.3, 0.4) is 0 Å². The molecule has 3 aliphatic heterocycles. The van der Waals surface area contributed by atoms with Gasteiger partial charge in [0, 0.05) is 68.7 Å². The van der Waals surface area contributed by atoms with Gasteiger partial charge in [-0.3, -0.25) is 14.7 Å². The lowest BCUT2D eigenvalue weighted by Crippen LogP contribution is -2.25. The Morgan fingerprint density at radius 1 is 0.652 bits per heavy atom. The number of nitrogens with zero attached hydrogens (tertiary/aromatic N) is 3. The van der Waals surface area contributed by atoms with Crippen molar-refractivity contribution in [2.45, 2.75) is 84.3 Å². The Bertz CT molecular complexity index is 1320. The van der Waals surface area contributed by atoms with E-state index in [0.29, 0.717) is 5.92 Å². The van der Waals surface area contributed by atoms with Gasteiger partial charge >= 0.3 is 0 Å². The SMILES string of the molecule is CC(CCc1ccc(C(C)(c2ccc(OCCCN3CC3C)cc2)c2ccc(OCC(C)CN3CC3C)cc2)cc1)CN1CC1C. The Morgan fingerprint density at radius 2 is 1.11 bits per heavy atom. The van der Waals surface area contributed by atoms with Crippen LogP contribution in [0.25, 0.3) is 0 Å². The quantitative estimate of drug-likeness (QED) is 0.0831. The fourth-order valence-corrected chi connectivity index (χ4v) is 7.02. The van der Waals surface area contributed by atoms with Crippen LogP contribution in [0, 0.1) is 11.8 Å². The maximum Gasteiger partial charge on any atom is 0.119 e. The number of benzene rings is 3. The smallest absolute Gasteiger partial charge is 0.119 e. The third kappa shape index (κ3) is 8.53. The van der Waals surface area contributed by atoms with Crippen molar-refractivity contribution in [1.82, 2.24) is 14.7 Å². The van der Waals surface area contributed by atoms with Gasteiger partial charge in [-0.2, -0.15) is 0 Å². The van der Waals surface area contributed by atoms with Gasteiger partial charge in [-0.25, -0.2) is 0 Å². The maximum atomic E-state index is 6.24. The van der Waals surface area contributed by atoms with Crippen LogP contribution in [0.5, 0.6) is 11.5 Å². The summed E-state index contributed by atoms with van der Waals surface area (Å²) in [6.45, 7) is 22.6.